The van der Waals surface area contributed by atoms with Gasteiger partial charge in [0.05, 0.1) is 12.1 Å². The molecule has 0 saturated carbocycles. The molecule has 1 aliphatic heterocycles. The summed E-state index contributed by atoms with van der Waals surface area (Å²) in [5.74, 6) is -1.01. The molecule has 2 rings (SSSR count). The molecule has 0 aromatic heterocycles. The molecule has 0 radical (unpaired) electrons. The molecule has 0 unspecified atom stereocenters. The molecule has 1 aromatic carbocycles. The van der Waals surface area contributed by atoms with E-state index in [4.69, 9.17) is 11.6 Å². The predicted molar refractivity (Wildman–Crippen MR) is 74.6 cm³/mol. The Morgan fingerprint density at radius 2 is 1.82 bits per heavy atom. The molecule has 1 aromatic rings. The first-order valence-corrected chi connectivity index (χ1v) is 7.09. The molecule has 22 heavy (non-hydrogen) atoms. The monoisotopic (exact) mass is 334 g/mol. The number of rotatable bonds is 3. The van der Waals surface area contributed by atoms with Crippen molar-refractivity contribution in [2.75, 3.05) is 19.6 Å². The molecular weight excluding hydrogens is 321 g/mol. The van der Waals surface area contributed by atoms with Gasteiger partial charge < -0.3 is 10.2 Å². The summed E-state index contributed by atoms with van der Waals surface area (Å²) in [5, 5.41) is 2.14. The normalized spacial score (nSPS) is 15.0. The van der Waals surface area contributed by atoms with Gasteiger partial charge in [-0.25, -0.2) is 0 Å². The van der Waals surface area contributed by atoms with Crippen LogP contribution in [0.1, 0.15) is 28.8 Å². The van der Waals surface area contributed by atoms with Gasteiger partial charge >= 0.3 is 6.18 Å². The van der Waals surface area contributed by atoms with Gasteiger partial charge in [-0.2, -0.15) is 13.2 Å². The molecular formula is C14H14ClF3N2O2. The number of nitrogens with zero attached hydrogens (tertiary/aromatic N) is 1. The summed E-state index contributed by atoms with van der Waals surface area (Å²) < 4.78 is 38.0. The SMILES string of the molecule is O=C(NCC(=O)N1CCCC1)c1cc(Cl)cc(C(F)(F)F)c1. The maximum atomic E-state index is 12.7. The molecule has 0 atom stereocenters. The fourth-order valence-electron chi connectivity index (χ4n) is 2.22. The number of benzene rings is 1. The number of hydrogen-bond acceptors (Lipinski definition) is 2. The molecule has 1 saturated heterocycles. The van der Waals surface area contributed by atoms with E-state index in [9.17, 15) is 22.8 Å². The second-order valence-corrected chi connectivity index (χ2v) is 5.43. The van der Waals surface area contributed by atoms with Crippen molar-refractivity contribution in [3.05, 3.63) is 34.3 Å². The summed E-state index contributed by atoms with van der Waals surface area (Å²) in [4.78, 5) is 25.3. The number of likely N-dealkylation sites (tertiary alicyclic amines) is 1. The Kier molecular flexibility index (Phi) is 4.95. The molecule has 120 valence electrons. The Morgan fingerprint density at radius 3 is 2.41 bits per heavy atom. The number of amides is 2. The van der Waals surface area contributed by atoms with Crippen LogP contribution in [0.2, 0.25) is 5.02 Å². The van der Waals surface area contributed by atoms with Crippen LogP contribution in [-0.4, -0.2) is 36.3 Å². The Morgan fingerprint density at radius 1 is 1.18 bits per heavy atom. The Bertz CT molecular complexity index is 584. The summed E-state index contributed by atoms with van der Waals surface area (Å²) in [5.41, 5.74) is -1.23. The van der Waals surface area contributed by atoms with Gasteiger partial charge in [0.2, 0.25) is 5.91 Å². The summed E-state index contributed by atoms with van der Waals surface area (Å²) in [6.45, 7) is 1.04. The Balaban J connectivity index is 2.03. The van der Waals surface area contributed by atoms with Crippen molar-refractivity contribution in [2.45, 2.75) is 19.0 Å². The molecule has 0 bridgehead atoms. The van der Waals surface area contributed by atoms with Crippen molar-refractivity contribution in [3.8, 4) is 0 Å². The minimum Gasteiger partial charge on any atom is -0.343 e. The lowest BCUT2D eigenvalue weighted by atomic mass is 10.1. The van der Waals surface area contributed by atoms with Gasteiger partial charge in [0.25, 0.3) is 5.91 Å². The number of carbonyl (C=O) groups is 2. The van der Waals surface area contributed by atoms with Crippen molar-refractivity contribution in [1.29, 1.82) is 0 Å². The zero-order chi connectivity index (χ0) is 16.3. The number of carbonyl (C=O) groups excluding carboxylic acids is 2. The second kappa shape index (κ2) is 6.56. The number of hydrogen-bond donors (Lipinski definition) is 1. The summed E-state index contributed by atoms with van der Waals surface area (Å²) >= 11 is 5.61. The van der Waals surface area contributed by atoms with Crippen LogP contribution in [0.5, 0.6) is 0 Å². The average molecular weight is 335 g/mol. The van der Waals surface area contributed by atoms with Gasteiger partial charge in [0.1, 0.15) is 0 Å². The minimum atomic E-state index is -4.59. The third-order valence-electron chi connectivity index (χ3n) is 3.35. The van der Waals surface area contributed by atoms with E-state index in [1.807, 2.05) is 0 Å². The first-order chi connectivity index (χ1) is 10.3. The number of alkyl halides is 3. The largest absolute Gasteiger partial charge is 0.416 e. The highest BCUT2D eigenvalue weighted by Crippen LogP contribution is 2.31. The molecule has 8 heteroatoms. The highest BCUT2D eigenvalue weighted by Gasteiger charge is 2.31. The van der Waals surface area contributed by atoms with Gasteiger partial charge in [-0.3, -0.25) is 9.59 Å². The highest BCUT2D eigenvalue weighted by atomic mass is 35.5. The van der Waals surface area contributed by atoms with E-state index in [1.165, 1.54) is 0 Å². The fourth-order valence-corrected chi connectivity index (χ4v) is 2.46. The Labute approximate surface area is 130 Å². The van der Waals surface area contributed by atoms with Gasteiger partial charge in [-0.15, -0.1) is 0 Å². The number of nitrogens with one attached hydrogen (secondary N) is 1. The summed E-state index contributed by atoms with van der Waals surface area (Å²) in [6.07, 6.45) is -2.75. The van der Waals surface area contributed by atoms with Crippen LogP contribution in [0, 0.1) is 0 Å². The first kappa shape index (κ1) is 16.6. The summed E-state index contributed by atoms with van der Waals surface area (Å²) in [6, 6.07) is 2.59. The Hall–Kier alpha value is -1.76. The van der Waals surface area contributed by atoms with Crippen LogP contribution in [0.3, 0.4) is 0 Å². The van der Waals surface area contributed by atoms with E-state index in [2.05, 4.69) is 5.32 Å². The quantitative estimate of drug-likeness (QED) is 0.924. The lowest BCUT2D eigenvalue weighted by Gasteiger charge is -2.15. The second-order valence-electron chi connectivity index (χ2n) is 5.00. The van der Waals surface area contributed by atoms with Crippen molar-refractivity contribution in [2.24, 2.45) is 0 Å². The topological polar surface area (TPSA) is 49.4 Å². The van der Waals surface area contributed by atoms with Crippen molar-refractivity contribution in [1.82, 2.24) is 10.2 Å². The molecule has 1 N–H and O–H groups in total. The van der Waals surface area contributed by atoms with Gasteiger partial charge in [-0.1, -0.05) is 11.6 Å². The average Bonchev–Trinajstić information content (AvgIpc) is 2.97. The van der Waals surface area contributed by atoms with Crippen LogP contribution < -0.4 is 5.32 Å². The standard InChI is InChI=1S/C14H14ClF3N2O2/c15-11-6-9(5-10(7-11)14(16,17)18)13(22)19-8-12(21)20-3-1-2-4-20/h5-7H,1-4,8H2,(H,19,22). The van der Waals surface area contributed by atoms with E-state index in [0.717, 1.165) is 25.0 Å². The highest BCUT2D eigenvalue weighted by molar-refractivity contribution is 6.31. The molecule has 0 spiro atoms. The zero-order valence-electron chi connectivity index (χ0n) is 11.5. The van der Waals surface area contributed by atoms with Gasteiger partial charge in [0.15, 0.2) is 0 Å². The molecule has 1 heterocycles. The lowest BCUT2D eigenvalue weighted by Crippen LogP contribution is -2.38. The van der Waals surface area contributed by atoms with Crippen LogP contribution in [0.15, 0.2) is 18.2 Å². The van der Waals surface area contributed by atoms with E-state index >= 15 is 0 Å². The third kappa shape index (κ3) is 4.13. The zero-order valence-corrected chi connectivity index (χ0v) is 12.3. The summed E-state index contributed by atoms with van der Waals surface area (Å²) in [7, 11) is 0. The van der Waals surface area contributed by atoms with E-state index in [1.54, 1.807) is 4.90 Å². The molecule has 1 fully saturated rings. The van der Waals surface area contributed by atoms with Crippen molar-refractivity contribution >= 4 is 23.4 Å². The van der Waals surface area contributed by atoms with E-state index in [0.29, 0.717) is 19.2 Å². The molecule has 0 aliphatic carbocycles. The van der Waals surface area contributed by atoms with Crippen LogP contribution in [0.4, 0.5) is 13.2 Å². The van der Waals surface area contributed by atoms with Crippen molar-refractivity contribution in [3.63, 3.8) is 0 Å². The smallest absolute Gasteiger partial charge is 0.343 e. The molecule has 2 amide bonds. The van der Waals surface area contributed by atoms with Crippen LogP contribution in [-0.2, 0) is 11.0 Å². The van der Waals surface area contributed by atoms with Gasteiger partial charge in [0, 0.05) is 23.7 Å². The van der Waals surface area contributed by atoms with Gasteiger partial charge in [-0.05, 0) is 31.0 Å². The first-order valence-electron chi connectivity index (χ1n) is 6.71. The predicted octanol–water partition coefficient (Wildman–Crippen LogP) is 2.71. The van der Waals surface area contributed by atoms with Crippen LogP contribution >= 0.6 is 11.6 Å². The lowest BCUT2D eigenvalue weighted by molar-refractivity contribution is -0.137. The fraction of sp³-hybridized carbons (Fsp3) is 0.429. The maximum absolute atomic E-state index is 12.7. The van der Waals surface area contributed by atoms with E-state index in [-0.39, 0.29) is 23.0 Å². The van der Waals surface area contributed by atoms with E-state index < -0.39 is 17.6 Å². The third-order valence-corrected chi connectivity index (χ3v) is 3.56. The number of halogens is 4. The van der Waals surface area contributed by atoms with Crippen LogP contribution in [0.25, 0.3) is 0 Å². The minimum absolute atomic E-state index is 0.189. The maximum Gasteiger partial charge on any atom is 0.416 e. The molecule has 1 aliphatic rings. The molecule has 4 nitrogen and oxygen atoms in total. The van der Waals surface area contributed by atoms with Crippen molar-refractivity contribution < 1.29 is 22.8 Å².